The molecule has 2 aliphatic rings. The molecule has 2 N–H and O–H groups in total. The lowest BCUT2D eigenvalue weighted by molar-refractivity contribution is -0.143. The molecule has 27 heavy (non-hydrogen) atoms. The molecule has 3 atom stereocenters. The summed E-state index contributed by atoms with van der Waals surface area (Å²) in [5.74, 6) is 3.59. The number of urea groups is 1. The normalized spacial score (nSPS) is 23.4. The number of hydrogen-bond acceptors (Lipinski definition) is 4. The molecule has 5 nitrogen and oxygen atoms in total. The second kappa shape index (κ2) is 12.9. The number of nitrogens with one attached hydrogen (secondary N) is 2. The van der Waals surface area contributed by atoms with E-state index in [9.17, 15) is 9.59 Å². The molecule has 2 heterocycles. The number of carbonyl (C=O) groups is 2. The summed E-state index contributed by atoms with van der Waals surface area (Å²) in [6, 6.07) is 0.495. The maximum atomic E-state index is 11.8. The van der Waals surface area contributed by atoms with Gasteiger partial charge in [-0.2, -0.15) is 11.8 Å². The van der Waals surface area contributed by atoms with E-state index in [0.29, 0.717) is 18.3 Å². The molecule has 0 aromatic heterocycles. The minimum Gasteiger partial charge on any atom is -0.466 e. The van der Waals surface area contributed by atoms with Gasteiger partial charge in [-0.25, -0.2) is 4.79 Å². The summed E-state index contributed by atoms with van der Waals surface area (Å²) in [6.45, 7) is 0.551. The van der Waals surface area contributed by atoms with Gasteiger partial charge in [0.15, 0.2) is 0 Å². The quantitative estimate of drug-likeness (QED) is 0.202. The van der Waals surface area contributed by atoms with E-state index < -0.39 is 0 Å². The Hall–Kier alpha value is -1.35. The Kier molecular flexibility index (Phi) is 10.5. The SMILES string of the molecule is C#CCCCCCCCCCOC(=O)CCCC[C@@H]1SC[C@@H]2NC(=O)N[C@@H]21. The molecule has 2 fully saturated rings. The summed E-state index contributed by atoms with van der Waals surface area (Å²) < 4.78 is 5.32. The van der Waals surface area contributed by atoms with Gasteiger partial charge in [0.2, 0.25) is 0 Å². The minimum absolute atomic E-state index is 0.0391. The molecule has 0 saturated carbocycles. The van der Waals surface area contributed by atoms with Crippen molar-refractivity contribution in [1.29, 1.82) is 0 Å². The zero-order valence-electron chi connectivity index (χ0n) is 16.3. The summed E-state index contributed by atoms with van der Waals surface area (Å²) in [5, 5.41) is 6.43. The average molecular weight is 395 g/mol. The van der Waals surface area contributed by atoms with E-state index in [1.165, 1.54) is 25.7 Å². The molecule has 2 amide bonds. The number of unbranched alkanes of at least 4 members (excludes halogenated alkanes) is 8. The van der Waals surface area contributed by atoms with Crippen LogP contribution in [0.2, 0.25) is 0 Å². The summed E-state index contributed by atoms with van der Waals surface area (Å²) in [6.07, 6.45) is 17.7. The Morgan fingerprint density at radius 2 is 1.81 bits per heavy atom. The maximum Gasteiger partial charge on any atom is 0.315 e. The van der Waals surface area contributed by atoms with E-state index in [4.69, 9.17) is 11.2 Å². The number of terminal acetylenes is 1. The number of amides is 2. The van der Waals surface area contributed by atoms with Gasteiger partial charge in [0, 0.05) is 23.8 Å². The molecular formula is C21H34N2O3S. The summed E-state index contributed by atoms with van der Waals surface area (Å²) >= 11 is 1.92. The number of thioether (sulfide) groups is 1. The molecule has 0 unspecified atom stereocenters. The Balaban J connectivity index is 1.37. The predicted octanol–water partition coefficient (Wildman–Crippen LogP) is 4.01. The molecule has 0 bridgehead atoms. The van der Waals surface area contributed by atoms with Gasteiger partial charge >= 0.3 is 12.0 Å². The van der Waals surface area contributed by atoms with Crippen LogP contribution in [0.1, 0.15) is 77.0 Å². The van der Waals surface area contributed by atoms with Crippen LogP contribution in [-0.2, 0) is 9.53 Å². The fraction of sp³-hybridized carbons (Fsp3) is 0.810. The molecule has 0 aliphatic carbocycles. The standard InChI is InChI=1S/C21H34N2O3S/c1-2-3-4-5-6-7-8-9-12-15-26-19(24)14-11-10-13-18-20-17(16-27-18)22-21(25)23-20/h1,17-18,20H,3-16H2,(H2,22,23,25)/t17-,18-,20-/m0/s1. The van der Waals surface area contributed by atoms with Crippen LogP contribution in [0, 0.1) is 12.3 Å². The molecule has 2 aliphatic heterocycles. The van der Waals surface area contributed by atoms with Crippen molar-refractivity contribution < 1.29 is 14.3 Å². The third-order valence-corrected chi connectivity index (χ3v) is 6.79. The topological polar surface area (TPSA) is 67.4 Å². The van der Waals surface area contributed by atoms with Crippen LogP contribution in [0.15, 0.2) is 0 Å². The van der Waals surface area contributed by atoms with Gasteiger partial charge < -0.3 is 15.4 Å². The van der Waals surface area contributed by atoms with Gasteiger partial charge in [0.25, 0.3) is 0 Å². The molecular weight excluding hydrogens is 360 g/mol. The van der Waals surface area contributed by atoms with Crippen molar-refractivity contribution in [3.8, 4) is 12.3 Å². The monoisotopic (exact) mass is 394 g/mol. The van der Waals surface area contributed by atoms with Crippen molar-refractivity contribution in [3.63, 3.8) is 0 Å². The van der Waals surface area contributed by atoms with Crippen LogP contribution in [0.5, 0.6) is 0 Å². The highest BCUT2D eigenvalue weighted by Crippen LogP contribution is 2.33. The summed E-state index contributed by atoms with van der Waals surface area (Å²) in [7, 11) is 0. The van der Waals surface area contributed by atoms with E-state index in [1.807, 2.05) is 11.8 Å². The highest BCUT2D eigenvalue weighted by molar-refractivity contribution is 8.00. The molecule has 0 aromatic rings. The number of hydrogen-bond donors (Lipinski definition) is 2. The Labute approximate surface area is 168 Å². The van der Waals surface area contributed by atoms with E-state index in [1.54, 1.807) is 0 Å². The van der Waals surface area contributed by atoms with Gasteiger partial charge in [0.1, 0.15) is 0 Å². The third kappa shape index (κ3) is 8.47. The van der Waals surface area contributed by atoms with Gasteiger partial charge in [0.05, 0.1) is 18.7 Å². The van der Waals surface area contributed by atoms with Crippen molar-refractivity contribution in [2.75, 3.05) is 12.4 Å². The highest BCUT2D eigenvalue weighted by atomic mass is 32.2. The van der Waals surface area contributed by atoms with Crippen LogP contribution < -0.4 is 10.6 Å². The first-order valence-electron chi connectivity index (χ1n) is 10.5. The number of ether oxygens (including phenoxy) is 1. The molecule has 2 rings (SSSR count). The molecule has 6 heteroatoms. The first-order chi connectivity index (χ1) is 13.2. The van der Waals surface area contributed by atoms with E-state index in [2.05, 4.69) is 16.6 Å². The first kappa shape index (κ1) is 21.9. The molecule has 0 radical (unpaired) electrons. The Bertz CT molecular complexity index is 506. The largest absolute Gasteiger partial charge is 0.466 e. The highest BCUT2D eigenvalue weighted by Gasteiger charge is 2.42. The van der Waals surface area contributed by atoms with Crippen LogP contribution in [-0.4, -0.2) is 41.7 Å². The zero-order valence-corrected chi connectivity index (χ0v) is 17.2. The van der Waals surface area contributed by atoms with Gasteiger partial charge in [-0.15, -0.1) is 12.3 Å². The van der Waals surface area contributed by atoms with Gasteiger partial charge in [-0.1, -0.05) is 38.5 Å². The predicted molar refractivity (Wildman–Crippen MR) is 111 cm³/mol. The van der Waals surface area contributed by atoms with Gasteiger partial charge in [-0.05, 0) is 25.7 Å². The fourth-order valence-corrected chi connectivity index (χ4v) is 5.27. The number of fused-ring (bicyclic) bond motifs is 1. The van der Waals surface area contributed by atoms with Gasteiger partial charge in [-0.3, -0.25) is 4.79 Å². The lowest BCUT2D eigenvalue weighted by atomic mass is 10.0. The van der Waals surface area contributed by atoms with E-state index in [-0.39, 0.29) is 24.1 Å². The lowest BCUT2D eigenvalue weighted by Crippen LogP contribution is -2.36. The third-order valence-electron chi connectivity index (χ3n) is 5.29. The summed E-state index contributed by atoms with van der Waals surface area (Å²) in [5.41, 5.74) is 0. The van der Waals surface area contributed by atoms with Crippen LogP contribution in [0.25, 0.3) is 0 Å². The van der Waals surface area contributed by atoms with Crippen LogP contribution >= 0.6 is 11.8 Å². The number of esters is 1. The zero-order chi connectivity index (χ0) is 19.3. The second-order valence-corrected chi connectivity index (χ2v) is 8.79. The lowest BCUT2D eigenvalue weighted by Gasteiger charge is -2.16. The minimum atomic E-state index is -0.0722. The van der Waals surface area contributed by atoms with E-state index in [0.717, 1.165) is 50.7 Å². The smallest absolute Gasteiger partial charge is 0.315 e. The number of carbonyl (C=O) groups excluding carboxylic acids is 2. The van der Waals surface area contributed by atoms with Crippen molar-refractivity contribution in [2.24, 2.45) is 0 Å². The second-order valence-electron chi connectivity index (χ2n) is 7.52. The fourth-order valence-electron chi connectivity index (χ4n) is 3.73. The van der Waals surface area contributed by atoms with Crippen LogP contribution in [0.4, 0.5) is 4.79 Å². The van der Waals surface area contributed by atoms with Crippen LogP contribution in [0.3, 0.4) is 0 Å². The van der Waals surface area contributed by atoms with E-state index >= 15 is 0 Å². The maximum absolute atomic E-state index is 11.8. The molecule has 0 spiro atoms. The molecule has 152 valence electrons. The van der Waals surface area contributed by atoms with Crippen molar-refractivity contribution in [3.05, 3.63) is 0 Å². The van der Waals surface area contributed by atoms with Crippen molar-refractivity contribution >= 4 is 23.8 Å². The first-order valence-corrected chi connectivity index (χ1v) is 11.5. The Morgan fingerprint density at radius 1 is 1.07 bits per heavy atom. The number of rotatable bonds is 14. The molecule has 0 aromatic carbocycles. The van der Waals surface area contributed by atoms with Crippen molar-refractivity contribution in [1.82, 2.24) is 10.6 Å². The Morgan fingerprint density at radius 3 is 2.59 bits per heavy atom. The van der Waals surface area contributed by atoms with Crippen molar-refractivity contribution in [2.45, 2.75) is 94.4 Å². The summed E-state index contributed by atoms with van der Waals surface area (Å²) in [4.78, 5) is 23.1. The average Bonchev–Trinajstić information content (AvgIpc) is 3.20. The molecule has 2 saturated heterocycles.